The first kappa shape index (κ1) is 14.5. The van der Waals surface area contributed by atoms with Crippen LogP contribution in [0.2, 0.25) is 0 Å². The van der Waals surface area contributed by atoms with Crippen LogP contribution in [0.3, 0.4) is 0 Å². The van der Waals surface area contributed by atoms with Crippen LogP contribution < -0.4 is 5.73 Å². The summed E-state index contributed by atoms with van der Waals surface area (Å²) in [6.45, 7) is 2.69. The van der Waals surface area contributed by atoms with Gasteiger partial charge in [0.1, 0.15) is 0 Å². The minimum Gasteiger partial charge on any atom is -0.329 e. The fraction of sp³-hybridized carbons (Fsp3) is 0.688. The molecule has 1 atom stereocenters. The van der Waals surface area contributed by atoms with Crippen LogP contribution in [0.5, 0.6) is 0 Å². The van der Waals surface area contributed by atoms with Crippen molar-refractivity contribution in [2.75, 3.05) is 13.6 Å². The Morgan fingerprint density at radius 3 is 2.47 bits per heavy atom. The van der Waals surface area contributed by atoms with E-state index in [1.165, 1.54) is 44.1 Å². The second kappa shape index (κ2) is 7.01. The molecule has 19 heavy (non-hydrogen) atoms. The first-order chi connectivity index (χ1) is 9.22. The Bertz CT molecular complexity index is 366. The van der Waals surface area contributed by atoms with Crippen molar-refractivity contribution in [3.05, 3.63) is 29.6 Å². The normalized spacial score (nSPS) is 19.4. The average Bonchev–Trinajstić information content (AvgIpc) is 2.70. The summed E-state index contributed by atoms with van der Waals surface area (Å²) in [6, 6.07) is 5.24. The molecule has 1 unspecified atom stereocenters. The fourth-order valence-corrected chi connectivity index (χ4v) is 3.13. The van der Waals surface area contributed by atoms with E-state index < -0.39 is 0 Å². The van der Waals surface area contributed by atoms with Gasteiger partial charge in [-0.15, -0.1) is 0 Å². The van der Waals surface area contributed by atoms with E-state index in [-0.39, 0.29) is 0 Å². The quantitative estimate of drug-likeness (QED) is 0.847. The Labute approximate surface area is 117 Å². The topological polar surface area (TPSA) is 42.1 Å². The Kier molecular flexibility index (Phi) is 5.34. The minimum atomic E-state index is 0.302. The summed E-state index contributed by atoms with van der Waals surface area (Å²) in [4.78, 5) is 6.90. The molecule has 0 saturated heterocycles. The number of pyridine rings is 1. The van der Waals surface area contributed by atoms with Crippen LogP contribution in [0.1, 0.15) is 55.8 Å². The van der Waals surface area contributed by atoms with Crippen LogP contribution in [0, 0.1) is 6.92 Å². The maximum atomic E-state index is 6.02. The van der Waals surface area contributed by atoms with E-state index in [1.54, 1.807) is 0 Å². The molecule has 2 N–H and O–H groups in total. The Balaban J connectivity index is 2.09. The number of likely N-dealkylation sites (N-methyl/N-ethyl adjacent to an activating group) is 1. The Morgan fingerprint density at radius 1 is 1.26 bits per heavy atom. The lowest BCUT2D eigenvalue weighted by molar-refractivity contribution is 0.161. The van der Waals surface area contributed by atoms with Gasteiger partial charge >= 0.3 is 0 Å². The van der Waals surface area contributed by atoms with Crippen LogP contribution in [0.15, 0.2) is 18.3 Å². The highest BCUT2D eigenvalue weighted by atomic mass is 15.2. The number of hydrogen-bond donors (Lipinski definition) is 1. The molecule has 0 amide bonds. The Morgan fingerprint density at radius 2 is 1.95 bits per heavy atom. The number of nitrogens with zero attached hydrogens (tertiary/aromatic N) is 2. The summed E-state index contributed by atoms with van der Waals surface area (Å²) < 4.78 is 0. The van der Waals surface area contributed by atoms with Gasteiger partial charge in [0, 0.05) is 30.5 Å². The molecular weight excluding hydrogens is 234 g/mol. The van der Waals surface area contributed by atoms with Gasteiger partial charge < -0.3 is 5.73 Å². The Hall–Kier alpha value is -0.930. The highest BCUT2D eigenvalue weighted by Crippen LogP contribution is 2.27. The van der Waals surface area contributed by atoms with Crippen LogP contribution in [-0.2, 0) is 0 Å². The molecule has 1 aliphatic rings. The highest BCUT2D eigenvalue weighted by Gasteiger charge is 2.24. The van der Waals surface area contributed by atoms with Gasteiger partial charge in [-0.25, -0.2) is 0 Å². The smallest absolute Gasteiger partial charge is 0.0485 e. The van der Waals surface area contributed by atoms with Crippen LogP contribution in [0.4, 0.5) is 0 Å². The number of hydrogen-bond acceptors (Lipinski definition) is 3. The molecule has 1 heterocycles. The van der Waals surface area contributed by atoms with Gasteiger partial charge in [-0.2, -0.15) is 0 Å². The van der Waals surface area contributed by atoms with Gasteiger partial charge in [0.05, 0.1) is 0 Å². The van der Waals surface area contributed by atoms with Crippen molar-refractivity contribution >= 4 is 0 Å². The summed E-state index contributed by atoms with van der Waals surface area (Å²) in [7, 11) is 2.23. The molecule has 1 fully saturated rings. The lowest BCUT2D eigenvalue weighted by Gasteiger charge is -2.34. The maximum Gasteiger partial charge on any atom is 0.0485 e. The number of rotatable bonds is 4. The molecule has 0 radical (unpaired) electrons. The summed E-state index contributed by atoms with van der Waals surface area (Å²) in [6.07, 6.45) is 10.1. The summed E-state index contributed by atoms with van der Waals surface area (Å²) >= 11 is 0. The second-order valence-corrected chi connectivity index (χ2v) is 5.80. The van der Waals surface area contributed by atoms with E-state index in [9.17, 15) is 0 Å². The van der Waals surface area contributed by atoms with E-state index in [1.807, 2.05) is 13.1 Å². The van der Waals surface area contributed by atoms with Crippen molar-refractivity contribution in [3.63, 3.8) is 0 Å². The summed E-state index contributed by atoms with van der Waals surface area (Å²) in [5, 5.41) is 0. The first-order valence-corrected chi connectivity index (χ1v) is 7.57. The van der Waals surface area contributed by atoms with Gasteiger partial charge in [-0.3, -0.25) is 9.88 Å². The molecule has 106 valence electrons. The van der Waals surface area contributed by atoms with Crippen molar-refractivity contribution in [2.45, 2.75) is 57.5 Å². The number of nitrogens with two attached hydrogens (primary N) is 1. The largest absolute Gasteiger partial charge is 0.329 e. The van der Waals surface area contributed by atoms with Crippen molar-refractivity contribution in [2.24, 2.45) is 5.73 Å². The van der Waals surface area contributed by atoms with Gasteiger partial charge in [0.15, 0.2) is 0 Å². The van der Waals surface area contributed by atoms with E-state index in [4.69, 9.17) is 5.73 Å². The molecule has 2 rings (SSSR count). The van der Waals surface area contributed by atoms with Crippen molar-refractivity contribution < 1.29 is 0 Å². The lowest BCUT2D eigenvalue weighted by Crippen LogP contribution is -2.38. The SMILES string of the molecule is Cc1ccc(C(CN)N(C)C2CCCCCC2)cn1. The molecule has 1 saturated carbocycles. The van der Waals surface area contributed by atoms with Crippen LogP contribution in [-0.4, -0.2) is 29.5 Å². The molecule has 0 spiro atoms. The first-order valence-electron chi connectivity index (χ1n) is 7.57. The monoisotopic (exact) mass is 261 g/mol. The van der Waals surface area contributed by atoms with E-state index in [0.29, 0.717) is 18.6 Å². The number of aromatic nitrogens is 1. The number of aryl methyl sites for hydroxylation is 1. The zero-order valence-corrected chi connectivity index (χ0v) is 12.3. The van der Waals surface area contributed by atoms with Crippen LogP contribution >= 0.6 is 0 Å². The van der Waals surface area contributed by atoms with E-state index in [0.717, 1.165) is 5.69 Å². The van der Waals surface area contributed by atoms with E-state index >= 15 is 0 Å². The van der Waals surface area contributed by atoms with Crippen molar-refractivity contribution in [1.82, 2.24) is 9.88 Å². The zero-order valence-electron chi connectivity index (χ0n) is 12.3. The summed E-state index contributed by atoms with van der Waals surface area (Å²) in [5.74, 6) is 0. The molecule has 3 nitrogen and oxygen atoms in total. The third kappa shape index (κ3) is 3.77. The lowest BCUT2D eigenvalue weighted by atomic mass is 10.0. The van der Waals surface area contributed by atoms with Crippen molar-refractivity contribution in [1.29, 1.82) is 0 Å². The third-order valence-corrected chi connectivity index (χ3v) is 4.43. The molecule has 1 aliphatic carbocycles. The molecule has 1 aromatic heterocycles. The van der Waals surface area contributed by atoms with Gasteiger partial charge in [-0.05, 0) is 38.4 Å². The molecule has 0 aliphatic heterocycles. The predicted octanol–water partition coefficient (Wildman–Crippen LogP) is 3.04. The minimum absolute atomic E-state index is 0.302. The molecule has 3 heteroatoms. The fourth-order valence-electron chi connectivity index (χ4n) is 3.13. The van der Waals surface area contributed by atoms with Crippen molar-refractivity contribution in [3.8, 4) is 0 Å². The molecular formula is C16H27N3. The standard InChI is InChI=1S/C16H27N3/c1-13-9-10-14(12-18-13)16(11-17)19(2)15-7-5-3-4-6-8-15/h9-10,12,15-16H,3-8,11,17H2,1-2H3. The van der Waals surface area contributed by atoms with E-state index in [2.05, 4.69) is 29.1 Å². The maximum absolute atomic E-state index is 6.02. The third-order valence-electron chi connectivity index (χ3n) is 4.43. The van der Waals surface area contributed by atoms with Gasteiger partial charge in [0.2, 0.25) is 0 Å². The molecule has 0 aromatic carbocycles. The summed E-state index contributed by atoms with van der Waals surface area (Å²) in [5.41, 5.74) is 8.34. The predicted molar refractivity (Wildman–Crippen MR) is 80.0 cm³/mol. The zero-order chi connectivity index (χ0) is 13.7. The second-order valence-electron chi connectivity index (χ2n) is 5.80. The average molecular weight is 261 g/mol. The highest BCUT2D eigenvalue weighted by molar-refractivity contribution is 5.18. The molecule has 0 bridgehead atoms. The van der Waals surface area contributed by atoms with Gasteiger partial charge in [-0.1, -0.05) is 31.7 Å². The van der Waals surface area contributed by atoms with Crippen LogP contribution in [0.25, 0.3) is 0 Å². The molecule has 1 aromatic rings. The van der Waals surface area contributed by atoms with Gasteiger partial charge in [0.25, 0.3) is 0 Å².